The summed E-state index contributed by atoms with van der Waals surface area (Å²) in [6.45, 7) is 3.94. The van der Waals surface area contributed by atoms with Crippen LogP contribution in [0, 0.1) is 11.7 Å². The normalized spacial score (nSPS) is 12.5. The number of halogens is 1. The van der Waals surface area contributed by atoms with Gasteiger partial charge in [-0.3, -0.25) is 9.20 Å². The van der Waals surface area contributed by atoms with Crippen molar-refractivity contribution in [3.63, 3.8) is 0 Å². The van der Waals surface area contributed by atoms with Gasteiger partial charge in [-0.15, -0.1) is 10.2 Å². The first-order chi connectivity index (χ1) is 11.1. The van der Waals surface area contributed by atoms with Gasteiger partial charge in [0.15, 0.2) is 11.5 Å². The molecule has 0 spiro atoms. The largest absolute Gasteiger partial charge is 0.342 e. The minimum absolute atomic E-state index is 0.0203. The van der Waals surface area contributed by atoms with Gasteiger partial charge in [-0.05, 0) is 30.2 Å². The lowest BCUT2D eigenvalue weighted by Gasteiger charge is -2.21. The third-order valence-corrected chi connectivity index (χ3v) is 3.69. The predicted octanol–water partition coefficient (Wildman–Crippen LogP) is 3.00. The summed E-state index contributed by atoms with van der Waals surface area (Å²) in [7, 11) is 0. The summed E-state index contributed by atoms with van der Waals surface area (Å²) in [6, 6.07) is 11.1. The number of fused-ring (bicyclic) bond motifs is 1. The van der Waals surface area contributed by atoms with Crippen molar-refractivity contribution in [3.05, 3.63) is 65.9 Å². The van der Waals surface area contributed by atoms with Crippen molar-refractivity contribution >= 4 is 11.6 Å². The van der Waals surface area contributed by atoms with Crippen molar-refractivity contribution in [2.75, 3.05) is 0 Å². The first kappa shape index (κ1) is 15.1. The van der Waals surface area contributed by atoms with Gasteiger partial charge in [-0.25, -0.2) is 4.39 Å². The summed E-state index contributed by atoms with van der Waals surface area (Å²) < 4.78 is 15.6. The van der Waals surface area contributed by atoms with Crippen LogP contribution >= 0.6 is 0 Å². The average Bonchev–Trinajstić information content (AvgIpc) is 2.96. The Hall–Kier alpha value is -2.76. The molecule has 1 unspecified atom stereocenters. The van der Waals surface area contributed by atoms with E-state index in [1.807, 2.05) is 42.6 Å². The third-order valence-electron chi connectivity index (χ3n) is 3.69. The van der Waals surface area contributed by atoms with E-state index in [4.69, 9.17) is 0 Å². The molecule has 6 heteroatoms. The molecule has 1 N–H and O–H groups in total. The number of aromatic nitrogens is 3. The van der Waals surface area contributed by atoms with Crippen molar-refractivity contribution in [3.8, 4) is 0 Å². The second-order valence-electron chi connectivity index (χ2n) is 5.66. The lowest BCUT2D eigenvalue weighted by Crippen LogP contribution is -2.33. The Bertz CT molecular complexity index is 843. The molecule has 3 rings (SSSR count). The van der Waals surface area contributed by atoms with Crippen LogP contribution in [0.3, 0.4) is 0 Å². The summed E-state index contributed by atoms with van der Waals surface area (Å²) in [5.41, 5.74) is 0.722. The van der Waals surface area contributed by atoms with E-state index in [0.717, 1.165) is 0 Å². The molecular formula is C17H17FN4O. The maximum absolute atomic E-state index is 13.8. The summed E-state index contributed by atoms with van der Waals surface area (Å²) in [5, 5.41) is 11.2. The average molecular weight is 312 g/mol. The quantitative estimate of drug-likeness (QED) is 0.805. The van der Waals surface area contributed by atoms with E-state index in [1.54, 1.807) is 12.1 Å². The lowest BCUT2D eigenvalue weighted by molar-refractivity contribution is 0.0918. The van der Waals surface area contributed by atoms with Crippen LogP contribution in [0.15, 0.2) is 48.7 Å². The molecule has 3 aromatic rings. The number of carbonyl (C=O) groups is 1. The molecular weight excluding hydrogens is 295 g/mol. The molecule has 0 aliphatic carbocycles. The van der Waals surface area contributed by atoms with Gasteiger partial charge < -0.3 is 5.32 Å². The number of nitrogens with one attached hydrogen (secondary N) is 1. The van der Waals surface area contributed by atoms with E-state index in [1.165, 1.54) is 12.1 Å². The molecule has 0 saturated heterocycles. The standard InChI is InChI=1S/C17H17FN4O/c1-11(2)15(16-21-20-14-9-5-6-10-22(14)16)19-17(23)12-7-3-4-8-13(12)18/h3-11,15H,1-2H3,(H,19,23). The van der Waals surface area contributed by atoms with Gasteiger partial charge in [0.2, 0.25) is 0 Å². The van der Waals surface area contributed by atoms with E-state index >= 15 is 0 Å². The minimum atomic E-state index is -0.543. The zero-order valence-corrected chi connectivity index (χ0v) is 12.9. The van der Waals surface area contributed by atoms with Crippen LogP contribution in [0.1, 0.15) is 36.1 Å². The third kappa shape index (κ3) is 2.92. The molecule has 118 valence electrons. The smallest absolute Gasteiger partial charge is 0.254 e. The van der Waals surface area contributed by atoms with Crippen LogP contribution < -0.4 is 5.32 Å². The van der Waals surface area contributed by atoms with Crippen molar-refractivity contribution < 1.29 is 9.18 Å². The number of carbonyl (C=O) groups excluding carboxylic acids is 1. The van der Waals surface area contributed by atoms with Gasteiger partial charge in [0, 0.05) is 6.20 Å². The maximum atomic E-state index is 13.8. The molecule has 0 saturated carbocycles. The van der Waals surface area contributed by atoms with Gasteiger partial charge >= 0.3 is 0 Å². The summed E-state index contributed by atoms with van der Waals surface area (Å²) >= 11 is 0. The Kier molecular flexibility index (Phi) is 4.06. The maximum Gasteiger partial charge on any atom is 0.254 e. The summed E-state index contributed by atoms with van der Waals surface area (Å²) in [4.78, 5) is 12.4. The highest BCUT2D eigenvalue weighted by atomic mass is 19.1. The van der Waals surface area contributed by atoms with Crippen LogP contribution in [-0.2, 0) is 0 Å². The second-order valence-corrected chi connectivity index (χ2v) is 5.66. The van der Waals surface area contributed by atoms with Crippen molar-refractivity contribution in [1.29, 1.82) is 0 Å². The van der Waals surface area contributed by atoms with Crippen molar-refractivity contribution in [2.45, 2.75) is 19.9 Å². The Morgan fingerprint density at radius 3 is 2.61 bits per heavy atom. The topological polar surface area (TPSA) is 59.3 Å². The molecule has 0 aliphatic rings. The minimum Gasteiger partial charge on any atom is -0.342 e. The van der Waals surface area contributed by atoms with E-state index in [9.17, 15) is 9.18 Å². The van der Waals surface area contributed by atoms with Crippen LogP contribution in [-0.4, -0.2) is 20.5 Å². The Labute approximate surface area is 133 Å². The molecule has 2 aromatic heterocycles. The molecule has 1 amide bonds. The van der Waals surface area contributed by atoms with E-state index in [2.05, 4.69) is 15.5 Å². The monoisotopic (exact) mass is 312 g/mol. The number of hydrogen-bond acceptors (Lipinski definition) is 3. The highest BCUT2D eigenvalue weighted by Crippen LogP contribution is 2.21. The van der Waals surface area contributed by atoms with Crippen molar-refractivity contribution in [2.24, 2.45) is 5.92 Å². The Morgan fingerprint density at radius 2 is 1.87 bits per heavy atom. The van der Waals surface area contributed by atoms with Gasteiger partial charge in [-0.2, -0.15) is 0 Å². The summed E-state index contributed by atoms with van der Waals surface area (Å²) in [6.07, 6.45) is 1.84. The molecule has 5 nitrogen and oxygen atoms in total. The van der Waals surface area contributed by atoms with E-state index < -0.39 is 11.7 Å². The van der Waals surface area contributed by atoms with Gasteiger partial charge in [-0.1, -0.05) is 32.0 Å². The molecule has 1 aromatic carbocycles. The zero-order valence-electron chi connectivity index (χ0n) is 12.9. The molecule has 0 radical (unpaired) electrons. The molecule has 1 atom stereocenters. The fraction of sp³-hybridized carbons (Fsp3) is 0.235. The predicted molar refractivity (Wildman–Crippen MR) is 84.4 cm³/mol. The van der Waals surface area contributed by atoms with E-state index in [0.29, 0.717) is 11.5 Å². The number of pyridine rings is 1. The number of rotatable bonds is 4. The fourth-order valence-corrected chi connectivity index (χ4v) is 2.47. The van der Waals surface area contributed by atoms with Crippen molar-refractivity contribution in [1.82, 2.24) is 19.9 Å². The molecule has 0 bridgehead atoms. The lowest BCUT2D eigenvalue weighted by atomic mass is 10.0. The summed E-state index contributed by atoms with van der Waals surface area (Å²) in [5.74, 6) is -0.313. The first-order valence-electron chi connectivity index (χ1n) is 7.43. The SMILES string of the molecule is CC(C)C(NC(=O)c1ccccc1F)c1nnc2ccccn12. The molecule has 2 heterocycles. The zero-order chi connectivity index (χ0) is 16.4. The Balaban J connectivity index is 1.94. The van der Waals surface area contributed by atoms with Crippen LogP contribution in [0.4, 0.5) is 4.39 Å². The first-order valence-corrected chi connectivity index (χ1v) is 7.43. The molecule has 23 heavy (non-hydrogen) atoms. The van der Waals surface area contributed by atoms with Crippen LogP contribution in [0.25, 0.3) is 5.65 Å². The highest BCUT2D eigenvalue weighted by Gasteiger charge is 2.25. The van der Waals surface area contributed by atoms with Crippen LogP contribution in [0.5, 0.6) is 0 Å². The van der Waals surface area contributed by atoms with Gasteiger partial charge in [0.05, 0.1) is 11.6 Å². The number of nitrogens with zero attached hydrogens (tertiary/aromatic N) is 3. The molecule has 0 aliphatic heterocycles. The number of benzene rings is 1. The molecule has 0 fully saturated rings. The fourth-order valence-electron chi connectivity index (χ4n) is 2.47. The second kappa shape index (κ2) is 6.16. The van der Waals surface area contributed by atoms with E-state index in [-0.39, 0.29) is 17.5 Å². The van der Waals surface area contributed by atoms with Gasteiger partial charge in [0.25, 0.3) is 5.91 Å². The number of amides is 1. The number of hydrogen-bond donors (Lipinski definition) is 1. The van der Waals surface area contributed by atoms with Crippen LogP contribution in [0.2, 0.25) is 0 Å². The Morgan fingerprint density at radius 1 is 1.13 bits per heavy atom. The highest BCUT2D eigenvalue weighted by molar-refractivity contribution is 5.94. The van der Waals surface area contributed by atoms with Gasteiger partial charge in [0.1, 0.15) is 5.82 Å².